The normalized spacial score (nSPS) is 11.6. The molecule has 0 saturated heterocycles. The highest BCUT2D eigenvalue weighted by Gasteiger charge is 2.30. The summed E-state index contributed by atoms with van der Waals surface area (Å²) in [5.41, 5.74) is 0.974. The number of carbonyl (C=O) groups is 1. The van der Waals surface area contributed by atoms with Crippen LogP contribution in [0.25, 0.3) is 22.0 Å². The first-order chi connectivity index (χ1) is 17.1. The first-order valence-corrected chi connectivity index (χ1v) is 11.3. The maximum absolute atomic E-state index is 14.1. The Morgan fingerprint density at radius 2 is 1.69 bits per heavy atom. The molecule has 1 aromatic heterocycles. The molecule has 36 heavy (non-hydrogen) atoms. The molecule has 0 spiro atoms. The van der Waals surface area contributed by atoms with Gasteiger partial charge < -0.3 is 14.2 Å². The fourth-order valence-electron chi connectivity index (χ4n) is 4.11. The first-order valence-electron chi connectivity index (χ1n) is 11.3. The van der Waals surface area contributed by atoms with Gasteiger partial charge in [0.2, 0.25) is 0 Å². The zero-order valence-electron chi connectivity index (χ0n) is 19.6. The molecule has 0 aliphatic carbocycles. The van der Waals surface area contributed by atoms with Crippen LogP contribution in [0.4, 0.5) is 26.7 Å². The average Bonchev–Trinajstić information content (AvgIpc) is 3.24. The molecule has 4 nitrogen and oxygen atoms in total. The smallest absolute Gasteiger partial charge is 0.410 e. The molecule has 0 N–H and O–H groups in total. The molecule has 4 rings (SSSR count). The number of fused-ring (bicyclic) bond motifs is 1. The van der Waals surface area contributed by atoms with Crippen LogP contribution in [0.1, 0.15) is 25.0 Å². The number of halogens is 5. The van der Waals surface area contributed by atoms with Crippen molar-refractivity contribution in [2.75, 3.05) is 13.1 Å². The molecule has 0 aliphatic heterocycles. The van der Waals surface area contributed by atoms with E-state index in [0.717, 1.165) is 24.3 Å². The van der Waals surface area contributed by atoms with Crippen LogP contribution >= 0.6 is 0 Å². The summed E-state index contributed by atoms with van der Waals surface area (Å²) in [6.07, 6.45) is -3.37. The van der Waals surface area contributed by atoms with Gasteiger partial charge in [0.05, 0.1) is 5.56 Å². The summed E-state index contributed by atoms with van der Waals surface area (Å²) in [6.45, 7) is 4.59. The van der Waals surface area contributed by atoms with E-state index >= 15 is 0 Å². The second-order valence-corrected chi connectivity index (χ2v) is 8.18. The molecule has 0 fully saturated rings. The van der Waals surface area contributed by atoms with Crippen LogP contribution < -0.4 is 4.74 Å². The van der Waals surface area contributed by atoms with E-state index in [0.29, 0.717) is 40.7 Å². The third-order valence-electron chi connectivity index (χ3n) is 5.95. The molecule has 9 heteroatoms. The first kappa shape index (κ1) is 25.2. The van der Waals surface area contributed by atoms with Gasteiger partial charge in [0.1, 0.15) is 5.75 Å². The van der Waals surface area contributed by atoms with Gasteiger partial charge in [-0.1, -0.05) is 18.2 Å². The molecule has 3 aromatic carbocycles. The van der Waals surface area contributed by atoms with Crippen LogP contribution in [0, 0.1) is 11.6 Å². The van der Waals surface area contributed by atoms with E-state index in [1.54, 1.807) is 48.9 Å². The average molecular weight is 502 g/mol. The molecule has 0 bridgehead atoms. The minimum atomic E-state index is -4.46. The fourth-order valence-corrected chi connectivity index (χ4v) is 4.11. The molecule has 0 unspecified atom stereocenters. The van der Waals surface area contributed by atoms with Gasteiger partial charge in [-0.2, -0.15) is 13.2 Å². The van der Waals surface area contributed by atoms with Crippen molar-refractivity contribution in [1.29, 1.82) is 0 Å². The van der Waals surface area contributed by atoms with E-state index < -0.39 is 29.5 Å². The van der Waals surface area contributed by atoms with Crippen molar-refractivity contribution in [3.05, 3.63) is 89.6 Å². The lowest BCUT2D eigenvalue weighted by atomic mass is 10.00. The number of rotatable bonds is 6. The Hall–Kier alpha value is -3.88. The summed E-state index contributed by atoms with van der Waals surface area (Å²) in [5.74, 6) is -1.93. The number of carbonyl (C=O) groups excluding carboxylic acids is 1. The lowest BCUT2D eigenvalue weighted by Gasteiger charge is -2.20. The molecule has 0 atom stereocenters. The fraction of sp³-hybridized carbons (Fsp3) is 0.222. The molecule has 188 valence electrons. The van der Waals surface area contributed by atoms with Crippen molar-refractivity contribution in [3.63, 3.8) is 0 Å². The van der Waals surface area contributed by atoms with Crippen molar-refractivity contribution < 1.29 is 31.5 Å². The van der Waals surface area contributed by atoms with E-state index in [4.69, 9.17) is 4.74 Å². The Kier molecular flexibility index (Phi) is 7.01. The van der Waals surface area contributed by atoms with Crippen molar-refractivity contribution in [3.8, 4) is 16.9 Å². The Morgan fingerprint density at radius 3 is 2.36 bits per heavy atom. The number of benzene rings is 3. The SMILES string of the molecule is CCN(CC)C(=O)Oc1ccc2c(ccn2Cc2cccc(C(F)(F)F)c2)c1-c1ccc(F)c(F)c1. The molecular formula is C27H23F5N2O2. The molecule has 0 radical (unpaired) electrons. The highest BCUT2D eigenvalue weighted by atomic mass is 19.4. The number of aromatic nitrogens is 1. The quantitative estimate of drug-likeness (QED) is 0.256. The van der Waals surface area contributed by atoms with Gasteiger partial charge in [0, 0.05) is 42.3 Å². The van der Waals surface area contributed by atoms with Crippen molar-refractivity contribution >= 4 is 17.0 Å². The number of alkyl halides is 3. The number of hydrogen-bond acceptors (Lipinski definition) is 2. The minimum absolute atomic E-state index is 0.142. The van der Waals surface area contributed by atoms with E-state index in [9.17, 15) is 26.7 Å². The second-order valence-electron chi connectivity index (χ2n) is 8.18. The van der Waals surface area contributed by atoms with Crippen molar-refractivity contribution in [2.45, 2.75) is 26.6 Å². The van der Waals surface area contributed by atoms with Gasteiger partial charge in [-0.15, -0.1) is 0 Å². The van der Waals surface area contributed by atoms with Crippen LogP contribution in [-0.4, -0.2) is 28.6 Å². The maximum Gasteiger partial charge on any atom is 0.416 e. The van der Waals surface area contributed by atoms with Crippen LogP contribution in [-0.2, 0) is 12.7 Å². The molecule has 0 saturated carbocycles. The van der Waals surface area contributed by atoms with E-state index in [-0.39, 0.29) is 12.3 Å². The Bertz CT molecular complexity index is 1410. The summed E-state index contributed by atoms with van der Waals surface area (Å²) < 4.78 is 74.6. The summed E-state index contributed by atoms with van der Waals surface area (Å²) in [6, 6.07) is 13.3. The third kappa shape index (κ3) is 5.05. The van der Waals surface area contributed by atoms with Crippen LogP contribution in [0.5, 0.6) is 5.75 Å². The highest BCUT2D eigenvalue weighted by Crippen LogP contribution is 2.39. The Labute approximate surface area is 204 Å². The molecule has 1 heterocycles. The standard InChI is InChI=1S/C27H23F5N2O2/c1-3-33(4-2)26(35)36-24-11-10-23-20(25(24)18-8-9-21(28)22(29)15-18)12-13-34(23)16-17-6-5-7-19(14-17)27(30,31)32/h5-15H,3-4,16H2,1-2H3. The predicted octanol–water partition coefficient (Wildman–Crippen LogP) is 7.49. The van der Waals surface area contributed by atoms with Crippen molar-refractivity contribution in [2.24, 2.45) is 0 Å². The maximum atomic E-state index is 14.1. The van der Waals surface area contributed by atoms with Gasteiger partial charge in [-0.05, 0) is 67.4 Å². The van der Waals surface area contributed by atoms with Gasteiger partial charge in [-0.3, -0.25) is 0 Å². The number of ether oxygens (including phenoxy) is 1. The minimum Gasteiger partial charge on any atom is -0.410 e. The predicted molar refractivity (Wildman–Crippen MR) is 127 cm³/mol. The zero-order valence-corrected chi connectivity index (χ0v) is 19.6. The molecular weight excluding hydrogens is 479 g/mol. The molecule has 1 amide bonds. The highest BCUT2D eigenvalue weighted by molar-refractivity contribution is 5.99. The molecule has 0 aliphatic rings. The topological polar surface area (TPSA) is 34.5 Å². The number of hydrogen-bond donors (Lipinski definition) is 0. The van der Waals surface area contributed by atoms with Gasteiger partial charge in [-0.25, -0.2) is 13.6 Å². The van der Waals surface area contributed by atoms with Crippen LogP contribution in [0.2, 0.25) is 0 Å². The number of amides is 1. The number of nitrogens with zero attached hydrogens (tertiary/aromatic N) is 2. The van der Waals surface area contributed by atoms with Crippen molar-refractivity contribution in [1.82, 2.24) is 9.47 Å². The Morgan fingerprint density at radius 1 is 0.944 bits per heavy atom. The van der Waals surface area contributed by atoms with Gasteiger partial charge in [0.15, 0.2) is 11.6 Å². The monoisotopic (exact) mass is 502 g/mol. The summed E-state index contributed by atoms with van der Waals surface area (Å²) in [5, 5.41) is 0.567. The summed E-state index contributed by atoms with van der Waals surface area (Å²) in [4.78, 5) is 14.1. The van der Waals surface area contributed by atoms with Crippen LogP contribution in [0.15, 0.2) is 66.9 Å². The summed E-state index contributed by atoms with van der Waals surface area (Å²) in [7, 11) is 0. The van der Waals surface area contributed by atoms with Crippen LogP contribution in [0.3, 0.4) is 0 Å². The van der Waals surface area contributed by atoms with E-state index in [2.05, 4.69) is 0 Å². The van der Waals surface area contributed by atoms with E-state index in [1.807, 2.05) is 0 Å². The third-order valence-corrected chi connectivity index (χ3v) is 5.95. The summed E-state index contributed by atoms with van der Waals surface area (Å²) >= 11 is 0. The largest absolute Gasteiger partial charge is 0.416 e. The van der Waals surface area contributed by atoms with Gasteiger partial charge in [0.25, 0.3) is 0 Å². The zero-order chi connectivity index (χ0) is 26.0. The van der Waals surface area contributed by atoms with Gasteiger partial charge >= 0.3 is 12.3 Å². The van der Waals surface area contributed by atoms with E-state index in [1.165, 1.54) is 17.0 Å². The second kappa shape index (κ2) is 10.0. The molecule has 4 aromatic rings. The Balaban J connectivity index is 1.81. The lowest BCUT2D eigenvalue weighted by molar-refractivity contribution is -0.137. The lowest BCUT2D eigenvalue weighted by Crippen LogP contribution is -2.33.